The van der Waals surface area contributed by atoms with Crippen LogP contribution >= 0.6 is 11.8 Å². The van der Waals surface area contributed by atoms with Gasteiger partial charge in [0, 0.05) is 29.1 Å². The highest BCUT2D eigenvalue weighted by Crippen LogP contribution is 2.51. The Bertz CT molecular complexity index is 1200. The molecule has 1 fully saturated rings. The zero-order chi connectivity index (χ0) is 23.7. The first-order valence-electron chi connectivity index (χ1n) is 12.2. The topological polar surface area (TPSA) is 32.3 Å². The number of amides is 2. The van der Waals surface area contributed by atoms with Crippen molar-refractivity contribution < 1.29 is 9.18 Å². The smallest absolute Gasteiger partial charge is 0.322 e. The van der Waals surface area contributed by atoms with Crippen molar-refractivity contribution in [1.82, 2.24) is 5.32 Å². The van der Waals surface area contributed by atoms with Gasteiger partial charge in [-0.25, -0.2) is 9.18 Å². The number of hydrogen-bond donors (Lipinski definition) is 1. The van der Waals surface area contributed by atoms with Gasteiger partial charge in [-0.3, -0.25) is 4.90 Å². The monoisotopic (exact) mass is 474 g/mol. The van der Waals surface area contributed by atoms with Crippen LogP contribution in [0, 0.1) is 12.7 Å². The second-order valence-electron chi connectivity index (χ2n) is 9.50. The highest BCUT2D eigenvalue weighted by molar-refractivity contribution is 7.99. The third-order valence-electron chi connectivity index (χ3n) is 7.30. The van der Waals surface area contributed by atoms with Gasteiger partial charge in [-0.1, -0.05) is 44.0 Å². The van der Waals surface area contributed by atoms with E-state index in [0.29, 0.717) is 6.54 Å². The number of anilines is 1. The standard InChI is InChI=1S/C29H31FN2OS/c1-3-34-24-10-6-21(7-11-24)18-31-28(33)32-19-29(14-4-5-15-29)26-17-22(8-13-27(26)32)25-12-9-23(30)16-20(25)2/h6-13,16-17H,3-5,14-15,18-19H2,1-2H3,(H,31,33). The first-order valence-corrected chi connectivity index (χ1v) is 13.2. The summed E-state index contributed by atoms with van der Waals surface area (Å²) < 4.78 is 13.7. The number of urea groups is 1. The van der Waals surface area contributed by atoms with Crippen LogP contribution in [0.2, 0.25) is 0 Å². The predicted octanol–water partition coefficient (Wildman–Crippen LogP) is 7.45. The summed E-state index contributed by atoms with van der Waals surface area (Å²) in [6.07, 6.45) is 4.59. The molecule has 1 aliphatic carbocycles. The van der Waals surface area contributed by atoms with Crippen molar-refractivity contribution in [2.75, 3.05) is 17.2 Å². The van der Waals surface area contributed by atoms with Crippen LogP contribution < -0.4 is 10.2 Å². The van der Waals surface area contributed by atoms with E-state index in [4.69, 9.17) is 0 Å². The summed E-state index contributed by atoms with van der Waals surface area (Å²) in [4.78, 5) is 16.5. The molecule has 3 nitrogen and oxygen atoms in total. The van der Waals surface area contributed by atoms with E-state index in [-0.39, 0.29) is 17.3 Å². The summed E-state index contributed by atoms with van der Waals surface area (Å²) in [6, 6.07) is 19.7. The van der Waals surface area contributed by atoms with E-state index >= 15 is 0 Å². The van der Waals surface area contributed by atoms with Crippen molar-refractivity contribution in [1.29, 1.82) is 0 Å². The lowest BCUT2D eigenvalue weighted by Crippen LogP contribution is -2.41. The van der Waals surface area contributed by atoms with Crippen LogP contribution in [0.1, 0.15) is 49.3 Å². The van der Waals surface area contributed by atoms with Gasteiger partial charge in [-0.2, -0.15) is 0 Å². The molecule has 2 aliphatic rings. The Morgan fingerprint density at radius 2 is 1.82 bits per heavy atom. The first-order chi connectivity index (χ1) is 16.5. The third kappa shape index (κ3) is 4.34. The van der Waals surface area contributed by atoms with E-state index in [1.54, 1.807) is 6.07 Å². The zero-order valence-corrected chi connectivity index (χ0v) is 20.7. The van der Waals surface area contributed by atoms with Crippen molar-refractivity contribution >= 4 is 23.5 Å². The van der Waals surface area contributed by atoms with Crippen molar-refractivity contribution in [2.45, 2.75) is 56.4 Å². The molecule has 0 radical (unpaired) electrons. The molecule has 1 aliphatic heterocycles. The molecule has 0 unspecified atom stereocenters. The van der Waals surface area contributed by atoms with Gasteiger partial charge in [0.15, 0.2) is 0 Å². The Kier molecular flexibility index (Phi) is 6.39. The Balaban J connectivity index is 1.39. The Morgan fingerprint density at radius 3 is 2.53 bits per heavy atom. The van der Waals surface area contributed by atoms with E-state index in [2.05, 4.69) is 54.7 Å². The molecular formula is C29H31FN2OS. The van der Waals surface area contributed by atoms with Crippen molar-refractivity contribution in [3.05, 3.63) is 83.2 Å². The summed E-state index contributed by atoms with van der Waals surface area (Å²) in [7, 11) is 0. The lowest BCUT2D eigenvalue weighted by Gasteiger charge is -2.25. The Morgan fingerprint density at radius 1 is 1.06 bits per heavy atom. The highest BCUT2D eigenvalue weighted by Gasteiger charge is 2.46. The number of nitrogens with one attached hydrogen (secondary N) is 1. The first kappa shape index (κ1) is 23.0. The predicted molar refractivity (Wildman–Crippen MR) is 139 cm³/mol. The van der Waals surface area contributed by atoms with E-state index in [1.807, 2.05) is 29.7 Å². The average Bonchev–Trinajstić information content (AvgIpc) is 3.44. The molecule has 1 saturated carbocycles. The van der Waals surface area contributed by atoms with Crippen molar-refractivity contribution in [3.8, 4) is 11.1 Å². The van der Waals surface area contributed by atoms with Crippen LogP contribution in [-0.4, -0.2) is 18.3 Å². The summed E-state index contributed by atoms with van der Waals surface area (Å²) in [6.45, 7) is 5.34. The maximum Gasteiger partial charge on any atom is 0.322 e. The lowest BCUT2D eigenvalue weighted by molar-refractivity contribution is 0.245. The molecule has 0 aromatic heterocycles. The number of carbonyl (C=O) groups is 1. The SMILES string of the molecule is CCSc1ccc(CNC(=O)N2CC3(CCCC3)c3cc(-c4ccc(F)cc4C)ccc32)cc1. The molecule has 3 aromatic carbocycles. The van der Waals surface area contributed by atoms with E-state index in [9.17, 15) is 9.18 Å². The molecule has 1 heterocycles. The van der Waals surface area contributed by atoms with Gasteiger partial charge in [0.1, 0.15) is 5.82 Å². The van der Waals surface area contributed by atoms with Gasteiger partial charge in [0.25, 0.3) is 0 Å². The molecule has 176 valence electrons. The number of fused-ring (bicyclic) bond motifs is 2. The number of benzene rings is 3. The quantitative estimate of drug-likeness (QED) is 0.389. The Labute approximate surface area is 205 Å². The van der Waals surface area contributed by atoms with E-state index in [1.165, 1.54) is 29.4 Å². The molecule has 0 bridgehead atoms. The van der Waals surface area contributed by atoms with Gasteiger partial charge in [0.2, 0.25) is 0 Å². The van der Waals surface area contributed by atoms with Crippen molar-refractivity contribution in [3.63, 3.8) is 0 Å². The van der Waals surface area contributed by atoms with Crippen LogP contribution in [0.4, 0.5) is 14.9 Å². The van der Waals surface area contributed by atoms with Gasteiger partial charge in [-0.05, 0) is 89.7 Å². The second kappa shape index (κ2) is 9.46. The normalized spacial score (nSPS) is 16.1. The lowest BCUT2D eigenvalue weighted by atomic mass is 9.80. The molecule has 2 amide bonds. The van der Waals surface area contributed by atoms with E-state index < -0.39 is 0 Å². The summed E-state index contributed by atoms with van der Waals surface area (Å²) >= 11 is 1.82. The minimum Gasteiger partial charge on any atom is -0.334 e. The fourth-order valence-electron chi connectivity index (χ4n) is 5.59. The Hall–Kier alpha value is -2.79. The molecule has 0 saturated heterocycles. The molecular weight excluding hydrogens is 443 g/mol. The van der Waals surface area contributed by atoms with Crippen molar-refractivity contribution in [2.24, 2.45) is 0 Å². The fourth-order valence-corrected chi connectivity index (χ4v) is 6.25. The average molecular weight is 475 g/mol. The van der Waals surface area contributed by atoms with Crippen LogP contribution in [0.25, 0.3) is 11.1 Å². The second-order valence-corrected chi connectivity index (χ2v) is 10.8. The number of hydrogen-bond acceptors (Lipinski definition) is 2. The summed E-state index contributed by atoms with van der Waals surface area (Å²) in [5.74, 6) is 0.838. The fraction of sp³-hybridized carbons (Fsp3) is 0.345. The zero-order valence-electron chi connectivity index (χ0n) is 19.9. The molecule has 3 aromatic rings. The molecule has 1 N–H and O–H groups in total. The molecule has 1 spiro atoms. The minimum atomic E-state index is -0.212. The number of carbonyl (C=O) groups excluding carboxylic acids is 1. The number of thioether (sulfide) groups is 1. The number of aryl methyl sites for hydroxylation is 1. The number of nitrogens with zero attached hydrogens (tertiary/aromatic N) is 1. The molecule has 5 heteroatoms. The maximum atomic E-state index is 13.7. The minimum absolute atomic E-state index is 0.0235. The van der Waals surface area contributed by atoms with Gasteiger partial charge >= 0.3 is 6.03 Å². The van der Waals surface area contributed by atoms with E-state index in [0.717, 1.165) is 53.1 Å². The van der Waals surface area contributed by atoms with Crippen LogP contribution in [0.15, 0.2) is 65.6 Å². The van der Waals surface area contributed by atoms with Crippen LogP contribution in [0.3, 0.4) is 0 Å². The largest absolute Gasteiger partial charge is 0.334 e. The van der Waals surface area contributed by atoms with Gasteiger partial charge < -0.3 is 5.32 Å². The number of halogens is 1. The van der Waals surface area contributed by atoms with Gasteiger partial charge in [0.05, 0.1) is 0 Å². The van der Waals surface area contributed by atoms with Gasteiger partial charge in [-0.15, -0.1) is 11.8 Å². The maximum absolute atomic E-state index is 13.7. The van der Waals surface area contributed by atoms with Crippen LogP contribution in [0.5, 0.6) is 0 Å². The molecule has 34 heavy (non-hydrogen) atoms. The number of rotatable bonds is 5. The van der Waals surface area contributed by atoms with Crippen LogP contribution in [-0.2, 0) is 12.0 Å². The molecule has 5 rings (SSSR count). The summed E-state index contributed by atoms with van der Waals surface area (Å²) in [5, 5.41) is 3.14. The highest BCUT2D eigenvalue weighted by atomic mass is 32.2. The molecule has 0 atom stereocenters. The summed E-state index contributed by atoms with van der Waals surface area (Å²) in [5.41, 5.74) is 6.47. The third-order valence-corrected chi connectivity index (χ3v) is 8.20.